The minimum Gasteiger partial charge on any atom is -0.489 e. The molecule has 146 valence electrons. The first-order valence-corrected chi connectivity index (χ1v) is 8.27. The van der Waals surface area contributed by atoms with Gasteiger partial charge in [-0.25, -0.2) is 0 Å². The van der Waals surface area contributed by atoms with Crippen molar-refractivity contribution in [3.8, 4) is 11.5 Å². The highest BCUT2D eigenvalue weighted by atomic mass is 16.6. The number of hydrogen-bond donors (Lipinski definition) is 2. The lowest BCUT2D eigenvalue weighted by atomic mass is 10.2. The summed E-state index contributed by atoms with van der Waals surface area (Å²) in [6, 6.07) is 12.2. The third-order valence-corrected chi connectivity index (χ3v) is 3.52. The van der Waals surface area contributed by atoms with Crippen LogP contribution in [0.5, 0.6) is 11.5 Å². The number of hydrazine groups is 1. The van der Waals surface area contributed by atoms with Crippen molar-refractivity contribution in [3.63, 3.8) is 0 Å². The Hall–Kier alpha value is -3.88. The minimum atomic E-state index is -1.09. The Balaban J connectivity index is 1.98. The normalized spacial score (nSPS) is 11.0. The molecule has 0 aromatic heterocycles. The maximum atomic E-state index is 12.3. The van der Waals surface area contributed by atoms with Gasteiger partial charge in [-0.3, -0.25) is 30.6 Å². The van der Waals surface area contributed by atoms with Crippen LogP contribution in [0.3, 0.4) is 0 Å². The van der Waals surface area contributed by atoms with Crippen LogP contribution in [-0.4, -0.2) is 29.4 Å². The Labute approximate surface area is 161 Å². The number of nitro groups is 1. The van der Waals surface area contributed by atoms with Crippen molar-refractivity contribution < 1.29 is 24.0 Å². The van der Waals surface area contributed by atoms with Gasteiger partial charge in [0.05, 0.1) is 10.5 Å². The Morgan fingerprint density at radius 3 is 2.46 bits per heavy atom. The fraction of sp³-hybridized carbons (Fsp3) is 0.158. The quantitative estimate of drug-likeness (QED) is 0.409. The molecule has 2 aromatic carbocycles. The number of amides is 2. The number of carbonyl (C=O) groups excluding carboxylic acids is 2. The van der Waals surface area contributed by atoms with E-state index in [1.54, 1.807) is 24.3 Å². The lowest BCUT2D eigenvalue weighted by molar-refractivity contribution is -0.386. The molecule has 28 heavy (non-hydrogen) atoms. The number of rotatable bonds is 8. The lowest BCUT2D eigenvalue weighted by Crippen LogP contribution is -2.47. The maximum Gasteiger partial charge on any atom is 0.310 e. The Bertz CT molecular complexity index is 883. The van der Waals surface area contributed by atoms with Crippen molar-refractivity contribution in [1.82, 2.24) is 10.9 Å². The highest BCUT2D eigenvalue weighted by Crippen LogP contribution is 2.26. The van der Waals surface area contributed by atoms with E-state index in [2.05, 4.69) is 17.4 Å². The molecule has 2 N–H and O–H groups in total. The van der Waals surface area contributed by atoms with E-state index in [0.717, 1.165) is 0 Å². The monoisotopic (exact) mass is 385 g/mol. The molecule has 9 nitrogen and oxygen atoms in total. The summed E-state index contributed by atoms with van der Waals surface area (Å²) in [6.45, 7) is 5.16. The molecule has 1 atom stereocenters. The van der Waals surface area contributed by atoms with Gasteiger partial charge >= 0.3 is 5.69 Å². The highest BCUT2D eigenvalue weighted by Gasteiger charge is 2.21. The summed E-state index contributed by atoms with van der Waals surface area (Å²) in [6.07, 6.45) is 0.451. The van der Waals surface area contributed by atoms with Crippen LogP contribution in [0.2, 0.25) is 0 Å². The molecule has 0 saturated carbocycles. The highest BCUT2D eigenvalue weighted by molar-refractivity contribution is 5.98. The first kappa shape index (κ1) is 20.4. The first-order valence-electron chi connectivity index (χ1n) is 8.27. The van der Waals surface area contributed by atoms with Crippen LogP contribution in [0, 0.1) is 10.1 Å². The van der Waals surface area contributed by atoms with E-state index in [0.29, 0.717) is 5.75 Å². The number of hydrogen-bond acceptors (Lipinski definition) is 6. The molecule has 0 saturated heterocycles. The van der Waals surface area contributed by atoms with Gasteiger partial charge in [0, 0.05) is 6.07 Å². The van der Waals surface area contributed by atoms with Crippen LogP contribution in [0.4, 0.5) is 5.69 Å². The fourth-order valence-corrected chi connectivity index (χ4v) is 2.17. The molecule has 0 aliphatic rings. The van der Waals surface area contributed by atoms with Crippen molar-refractivity contribution in [2.24, 2.45) is 0 Å². The van der Waals surface area contributed by atoms with Crippen LogP contribution in [0.15, 0.2) is 61.2 Å². The summed E-state index contributed by atoms with van der Waals surface area (Å²) >= 11 is 0. The van der Waals surface area contributed by atoms with Gasteiger partial charge in [-0.1, -0.05) is 36.9 Å². The average Bonchev–Trinajstić information content (AvgIpc) is 2.70. The van der Waals surface area contributed by atoms with E-state index in [1.807, 2.05) is 0 Å². The van der Waals surface area contributed by atoms with Crippen molar-refractivity contribution in [3.05, 3.63) is 76.9 Å². The molecule has 2 aromatic rings. The number of nitrogens with one attached hydrogen (secondary N) is 2. The molecule has 0 heterocycles. The molecule has 0 fully saturated rings. The topological polar surface area (TPSA) is 120 Å². The SMILES string of the molecule is C=CCOc1ccccc1C(=O)NNC(=O)C(C)Oc1ccccc1[N+](=O)[O-]. The van der Waals surface area contributed by atoms with Crippen LogP contribution in [-0.2, 0) is 4.79 Å². The number of nitrogens with zero attached hydrogens (tertiary/aromatic N) is 1. The van der Waals surface area contributed by atoms with Crippen molar-refractivity contribution >= 4 is 17.5 Å². The summed E-state index contributed by atoms with van der Waals surface area (Å²) in [5.74, 6) is -0.995. The van der Waals surface area contributed by atoms with Gasteiger partial charge in [0.15, 0.2) is 11.9 Å². The molecular formula is C19H19N3O6. The number of ether oxygens (including phenoxy) is 2. The smallest absolute Gasteiger partial charge is 0.310 e. The van der Waals surface area contributed by atoms with Gasteiger partial charge in [-0.2, -0.15) is 0 Å². The van der Waals surface area contributed by atoms with E-state index in [1.165, 1.54) is 37.3 Å². The second-order valence-electron chi connectivity index (χ2n) is 5.52. The second-order valence-corrected chi connectivity index (χ2v) is 5.52. The lowest BCUT2D eigenvalue weighted by Gasteiger charge is -2.15. The predicted molar refractivity (Wildman–Crippen MR) is 101 cm³/mol. The molecule has 0 radical (unpaired) electrons. The molecule has 0 aliphatic carbocycles. The second kappa shape index (κ2) is 9.72. The van der Waals surface area contributed by atoms with E-state index in [4.69, 9.17) is 9.47 Å². The molecule has 2 rings (SSSR count). The third-order valence-electron chi connectivity index (χ3n) is 3.52. The average molecular weight is 385 g/mol. The number of benzene rings is 2. The third kappa shape index (κ3) is 5.31. The standard InChI is InChI=1S/C19H19N3O6/c1-3-12-27-16-10-6-4-8-14(16)19(24)21-20-18(23)13(2)28-17-11-7-5-9-15(17)22(25)26/h3-11,13H,1,12H2,2H3,(H,20,23)(H,21,24). The summed E-state index contributed by atoms with van der Waals surface area (Å²) in [7, 11) is 0. The zero-order chi connectivity index (χ0) is 20.5. The summed E-state index contributed by atoms with van der Waals surface area (Å²) in [5.41, 5.74) is 4.44. The summed E-state index contributed by atoms with van der Waals surface area (Å²) in [4.78, 5) is 34.8. The van der Waals surface area contributed by atoms with Crippen LogP contribution < -0.4 is 20.3 Å². The molecule has 0 spiro atoms. The molecular weight excluding hydrogens is 366 g/mol. The van der Waals surface area contributed by atoms with Gasteiger partial charge in [0.25, 0.3) is 11.8 Å². The zero-order valence-corrected chi connectivity index (χ0v) is 15.1. The van der Waals surface area contributed by atoms with E-state index >= 15 is 0 Å². The zero-order valence-electron chi connectivity index (χ0n) is 15.1. The Morgan fingerprint density at radius 2 is 1.79 bits per heavy atom. The molecule has 9 heteroatoms. The number of para-hydroxylation sites is 3. The Morgan fingerprint density at radius 1 is 1.14 bits per heavy atom. The fourth-order valence-electron chi connectivity index (χ4n) is 2.17. The van der Waals surface area contributed by atoms with Crippen molar-refractivity contribution in [1.29, 1.82) is 0 Å². The van der Waals surface area contributed by atoms with Gasteiger partial charge < -0.3 is 9.47 Å². The number of carbonyl (C=O) groups is 2. The molecule has 1 unspecified atom stereocenters. The predicted octanol–water partition coefficient (Wildman–Crippen LogP) is 2.39. The minimum absolute atomic E-state index is 0.0513. The molecule has 0 aliphatic heterocycles. The van der Waals surface area contributed by atoms with E-state index in [-0.39, 0.29) is 23.6 Å². The summed E-state index contributed by atoms with van der Waals surface area (Å²) < 4.78 is 10.7. The number of nitro benzene ring substituents is 1. The van der Waals surface area contributed by atoms with Gasteiger partial charge in [0.2, 0.25) is 0 Å². The largest absolute Gasteiger partial charge is 0.489 e. The maximum absolute atomic E-state index is 12.3. The molecule has 0 bridgehead atoms. The molecule has 2 amide bonds. The van der Waals surface area contributed by atoms with Crippen LogP contribution in [0.1, 0.15) is 17.3 Å². The van der Waals surface area contributed by atoms with Crippen LogP contribution >= 0.6 is 0 Å². The van der Waals surface area contributed by atoms with Crippen molar-refractivity contribution in [2.45, 2.75) is 13.0 Å². The van der Waals surface area contributed by atoms with Crippen LogP contribution in [0.25, 0.3) is 0 Å². The van der Waals surface area contributed by atoms with Gasteiger partial charge in [-0.15, -0.1) is 0 Å². The van der Waals surface area contributed by atoms with E-state index < -0.39 is 22.8 Å². The first-order chi connectivity index (χ1) is 13.4. The van der Waals surface area contributed by atoms with Gasteiger partial charge in [-0.05, 0) is 25.1 Å². The summed E-state index contributed by atoms with van der Waals surface area (Å²) in [5, 5.41) is 11.0. The van der Waals surface area contributed by atoms with Gasteiger partial charge in [0.1, 0.15) is 12.4 Å². The van der Waals surface area contributed by atoms with Crippen molar-refractivity contribution in [2.75, 3.05) is 6.61 Å². The Kier molecular flexibility index (Phi) is 7.09. The van der Waals surface area contributed by atoms with E-state index in [9.17, 15) is 19.7 Å².